The SMILES string of the molecule is CCNC(=NCCOc1cccc(NC(C)=O)c1)NC1CCC(SC)C1.I. The molecule has 3 N–H and O–H groups in total. The zero-order valence-corrected chi connectivity index (χ0v) is 19.4. The van der Waals surface area contributed by atoms with Crippen LogP contribution in [0.3, 0.4) is 0 Å². The number of halogens is 1. The smallest absolute Gasteiger partial charge is 0.221 e. The van der Waals surface area contributed by atoms with Crippen LogP contribution in [-0.4, -0.2) is 49.1 Å². The maximum atomic E-state index is 11.1. The molecule has 0 spiro atoms. The van der Waals surface area contributed by atoms with Gasteiger partial charge in [-0.2, -0.15) is 11.8 Å². The Morgan fingerprint density at radius 1 is 1.37 bits per heavy atom. The number of hydrogen-bond acceptors (Lipinski definition) is 4. The van der Waals surface area contributed by atoms with Crippen LogP contribution in [0.15, 0.2) is 29.3 Å². The number of guanidine groups is 1. The number of benzene rings is 1. The van der Waals surface area contributed by atoms with Crippen LogP contribution >= 0.6 is 35.7 Å². The van der Waals surface area contributed by atoms with Crippen LogP contribution in [0.1, 0.15) is 33.1 Å². The Hall–Kier alpha value is -1.16. The van der Waals surface area contributed by atoms with Crippen LogP contribution in [0, 0.1) is 0 Å². The van der Waals surface area contributed by atoms with Gasteiger partial charge in [-0.15, -0.1) is 24.0 Å². The number of amides is 1. The minimum Gasteiger partial charge on any atom is -0.492 e. The van der Waals surface area contributed by atoms with Crippen molar-refractivity contribution in [3.8, 4) is 5.75 Å². The van der Waals surface area contributed by atoms with Crippen LogP contribution in [0.25, 0.3) is 0 Å². The molecular weight excluding hydrogens is 475 g/mol. The molecule has 0 aromatic heterocycles. The summed E-state index contributed by atoms with van der Waals surface area (Å²) in [7, 11) is 0. The van der Waals surface area contributed by atoms with E-state index in [1.807, 2.05) is 36.0 Å². The summed E-state index contributed by atoms with van der Waals surface area (Å²) in [5, 5.41) is 10.3. The highest BCUT2D eigenvalue weighted by atomic mass is 127. The lowest BCUT2D eigenvalue weighted by molar-refractivity contribution is -0.114. The Labute approximate surface area is 183 Å². The standard InChI is InChI=1S/C19H30N4O2S.HI/c1-4-20-19(23-16-8-9-18(13-16)26-3)21-10-11-25-17-7-5-6-15(12-17)22-14(2)24;/h5-7,12,16,18H,4,8-11,13H2,1-3H3,(H,22,24)(H2,20,21,23);1H. The van der Waals surface area contributed by atoms with Gasteiger partial charge < -0.3 is 20.7 Å². The first-order chi connectivity index (χ1) is 12.6. The Kier molecular flexibility index (Phi) is 11.6. The van der Waals surface area contributed by atoms with Crippen molar-refractivity contribution in [3.63, 3.8) is 0 Å². The minimum atomic E-state index is -0.0938. The fourth-order valence-electron chi connectivity index (χ4n) is 2.99. The van der Waals surface area contributed by atoms with Crippen LogP contribution in [0.4, 0.5) is 5.69 Å². The van der Waals surface area contributed by atoms with Gasteiger partial charge in [-0.1, -0.05) is 6.07 Å². The zero-order chi connectivity index (χ0) is 18.8. The van der Waals surface area contributed by atoms with Gasteiger partial charge in [-0.05, 0) is 44.6 Å². The van der Waals surface area contributed by atoms with E-state index in [0.29, 0.717) is 19.2 Å². The number of hydrogen-bond donors (Lipinski definition) is 3. The van der Waals surface area contributed by atoms with E-state index in [0.717, 1.165) is 29.2 Å². The Balaban J connectivity index is 0.00000364. The number of anilines is 1. The largest absolute Gasteiger partial charge is 0.492 e. The second-order valence-corrected chi connectivity index (χ2v) is 7.47. The maximum absolute atomic E-state index is 11.1. The summed E-state index contributed by atoms with van der Waals surface area (Å²) >= 11 is 1.95. The van der Waals surface area contributed by atoms with Gasteiger partial charge in [0.1, 0.15) is 12.4 Å². The van der Waals surface area contributed by atoms with Crippen LogP contribution < -0.4 is 20.7 Å². The van der Waals surface area contributed by atoms with E-state index in [9.17, 15) is 4.79 Å². The van der Waals surface area contributed by atoms with Crippen molar-refractivity contribution in [2.75, 3.05) is 31.3 Å². The third-order valence-corrected chi connectivity index (χ3v) is 5.28. The second-order valence-electron chi connectivity index (χ2n) is 6.33. The van der Waals surface area contributed by atoms with Crippen molar-refractivity contribution in [2.24, 2.45) is 4.99 Å². The van der Waals surface area contributed by atoms with E-state index in [1.54, 1.807) is 0 Å². The minimum absolute atomic E-state index is 0. The van der Waals surface area contributed by atoms with Crippen LogP contribution in [0.5, 0.6) is 5.75 Å². The molecule has 0 aliphatic heterocycles. The quantitative estimate of drug-likeness (QED) is 0.218. The molecule has 0 bridgehead atoms. The predicted molar refractivity (Wildman–Crippen MR) is 126 cm³/mol. The number of carbonyl (C=O) groups excluding carboxylic acids is 1. The van der Waals surface area contributed by atoms with E-state index in [-0.39, 0.29) is 29.9 Å². The highest BCUT2D eigenvalue weighted by molar-refractivity contribution is 14.0. The fourth-order valence-corrected chi connectivity index (χ4v) is 3.78. The molecule has 1 saturated carbocycles. The molecule has 1 aromatic rings. The lowest BCUT2D eigenvalue weighted by atomic mass is 10.2. The third-order valence-electron chi connectivity index (χ3n) is 4.19. The lowest BCUT2D eigenvalue weighted by Gasteiger charge is -2.17. The van der Waals surface area contributed by atoms with E-state index in [1.165, 1.54) is 26.2 Å². The average molecular weight is 506 g/mol. The maximum Gasteiger partial charge on any atom is 0.221 e. The normalized spacial score (nSPS) is 19.1. The summed E-state index contributed by atoms with van der Waals surface area (Å²) in [6, 6.07) is 7.89. The van der Waals surface area contributed by atoms with Crippen molar-refractivity contribution in [1.29, 1.82) is 0 Å². The van der Waals surface area contributed by atoms with Crippen molar-refractivity contribution < 1.29 is 9.53 Å². The monoisotopic (exact) mass is 506 g/mol. The summed E-state index contributed by atoms with van der Waals surface area (Å²) in [6.45, 7) is 5.45. The molecule has 1 aliphatic carbocycles. The van der Waals surface area contributed by atoms with Gasteiger partial charge in [0, 0.05) is 36.5 Å². The molecular formula is C19H31IN4O2S. The molecule has 0 radical (unpaired) electrons. The number of aliphatic imine (C=N–C) groups is 1. The van der Waals surface area contributed by atoms with Gasteiger partial charge in [0.25, 0.3) is 0 Å². The molecule has 8 heteroatoms. The van der Waals surface area contributed by atoms with Crippen molar-refractivity contribution in [3.05, 3.63) is 24.3 Å². The molecule has 2 unspecified atom stereocenters. The van der Waals surface area contributed by atoms with E-state index < -0.39 is 0 Å². The first-order valence-electron chi connectivity index (χ1n) is 9.18. The van der Waals surface area contributed by atoms with Crippen molar-refractivity contribution in [2.45, 2.75) is 44.4 Å². The predicted octanol–water partition coefficient (Wildman–Crippen LogP) is 3.48. The Morgan fingerprint density at radius 2 is 2.19 bits per heavy atom. The van der Waals surface area contributed by atoms with Crippen LogP contribution in [0.2, 0.25) is 0 Å². The van der Waals surface area contributed by atoms with E-state index >= 15 is 0 Å². The molecule has 27 heavy (non-hydrogen) atoms. The number of nitrogens with zero attached hydrogens (tertiary/aromatic N) is 1. The number of ether oxygens (including phenoxy) is 1. The summed E-state index contributed by atoms with van der Waals surface area (Å²) in [5.41, 5.74) is 0.734. The molecule has 1 fully saturated rings. The van der Waals surface area contributed by atoms with E-state index in [2.05, 4.69) is 34.1 Å². The molecule has 0 heterocycles. The summed E-state index contributed by atoms with van der Waals surface area (Å²) < 4.78 is 5.74. The molecule has 1 aromatic carbocycles. The van der Waals surface area contributed by atoms with Gasteiger partial charge in [0.05, 0.1) is 6.54 Å². The van der Waals surface area contributed by atoms with Gasteiger partial charge >= 0.3 is 0 Å². The first-order valence-corrected chi connectivity index (χ1v) is 10.5. The summed E-state index contributed by atoms with van der Waals surface area (Å²) in [6.07, 6.45) is 5.84. The topological polar surface area (TPSA) is 74.8 Å². The molecule has 0 saturated heterocycles. The lowest BCUT2D eigenvalue weighted by Crippen LogP contribution is -2.42. The number of thioether (sulfide) groups is 1. The Bertz CT molecular complexity index is 615. The molecule has 1 amide bonds. The van der Waals surface area contributed by atoms with Gasteiger partial charge in [-0.25, -0.2) is 4.99 Å². The average Bonchev–Trinajstić information content (AvgIpc) is 3.06. The first kappa shape index (κ1) is 23.9. The molecule has 2 rings (SSSR count). The van der Waals surface area contributed by atoms with Crippen molar-refractivity contribution >= 4 is 53.3 Å². The van der Waals surface area contributed by atoms with Crippen molar-refractivity contribution in [1.82, 2.24) is 10.6 Å². The van der Waals surface area contributed by atoms with Gasteiger partial charge in [0.2, 0.25) is 5.91 Å². The summed E-state index contributed by atoms with van der Waals surface area (Å²) in [4.78, 5) is 15.7. The van der Waals surface area contributed by atoms with Gasteiger partial charge in [0.15, 0.2) is 5.96 Å². The highest BCUT2D eigenvalue weighted by Crippen LogP contribution is 2.28. The molecule has 152 valence electrons. The summed E-state index contributed by atoms with van der Waals surface area (Å²) in [5.74, 6) is 1.49. The number of nitrogens with one attached hydrogen (secondary N) is 3. The van der Waals surface area contributed by atoms with Gasteiger partial charge in [-0.3, -0.25) is 4.79 Å². The van der Waals surface area contributed by atoms with E-state index in [4.69, 9.17) is 4.74 Å². The molecule has 2 atom stereocenters. The number of rotatable bonds is 8. The Morgan fingerprint density at radius 3 is 2.85 bits per heavy atom. The molecule has 6 nitrogen and oxygen atoms in total. The highest BCUT2D eigenvalue weighted by Gasteiger charge is 2.24. The third kappa shape index (κ3) is 9.05. The number of carbonyl (C=O) groups is 1. The molecule has 1 aliphatic rings. The second kappa shape index (κ2) is 13.1. The van der Waals surface area contributed by atoms with Crippen LogP contribution in [-0.2, 0) is 4.79 Å². The fraction of sp³-hybridized carbons (Fsp3) is 0.579. The zero-order valence-electron chi connectivity index (χ0n) is 16.3.